The molecule has 0 bridgehead atoms. The van der Waals surface area contributed by atoms with Crippen LogP contribution in [0.15, 0.2) is 24.3 Å². The standard InChI is InChI=1S/C10H6Cl4O4/c11-9(12,7(15)16)5-2-1-3-6(4-5)10(13,14)8(17)18/h1-4H,(H,15,16)(H,17,18). The molecule has 98 valence electrons. The number of rotatable bonds is 4. The van der Waals surface area contributed by atoms with Crippen molar-refractivity contribution in [3.8, 4) is 0 Å². The Balaban J connectivity index is 3.31. The molecule has 0 amide bonds. The zero-order chi connectivity index (χ0) is 14.1. The Morgan fingerprint density at radius 3 is 1.50 bits per heavy atom. The Labute approximate surface area is 122 Å². The van der Waals surface area contributed by atoms with Crippen molar-refractivity contribution < 1.29 is 19.8 Å². The number of aliphatic carboxylic acids is 2. The fraction of sp³-hybridized carbons (Fsp3) is 0.200. The first kappa shape index (κ1) is 15.4. The maximum atomic E-state index is 10.9. The van der Waals surface area contributed by atoms with Crippen LogP contribution in [0.3, 0.4) is 0 Å². The van der Waals surface area contributed by atoms with Gasteiger partial charge in [0.1, 0.15) is 0 Å². The fourth-order valence-corrected chi connectivity index (χ4v) is 1.63. The normalized spacial score (nSPS) is 12.2. The Morgan fingerprint density at radius 2 is 1.22 bits per heavy atom. The molecule has 0 saturated carbocycles. The van der Waals surface area contributed by atoms with Crippen LogP contribution in [-0.2, 0) is 18.3 Å². The van der Waals surface area contributed by atoms with Gasteiger partial charge >= 0.3 is 11.9 Å². The Morgan fingerprint density at radius 1 is 0.889 bits per heavy atom. The van der Waals surface area contributed by atoms with E-state index in [9.17, 15) is 9.59 Å². The van der Waals surface area contributed by atoms with Crippen molar-refractivity contribution in [1.82, 2.24) is 0 Å². The Kier molecular flexibility index (Phi) is 4.38. The number of hydrogen-bond acceptors (Lipinski definition) is 2. The van der Waals surface area contributed by atoms with E-state index in [-0.39, 0.29) is 11.1 Å². The molecule has 18 heavy (non-hydrogen) atoms. The number of carboxylic acids is 2. The van der Waals surface area contributed by atoms with Gasteiger partial charge in [-0.25, -0.2) is 9.59 Å². The average Bonchev–Trinajstić information content (AvgIpc) is 2.28. The molecule has 0 radical (unpaired) electrons. The van der Waals surface area contributed by atoms with Crippen molar-refractivity contribution >= 4 is 58.3 Å². The topological polar surface area (TPSA) is 74.6 Å². The van der Waals surface area contributed by atoms with Gasteiger partial charge in [0.05, 0.1) is 0 Å². The lowest BCUT2D eigenvalue weighted by atomic mass is 10.0. The van der Waals surface area contributed by atoms with E-state index in [1.165, 1.54) is 18.2 Å². The monoisotopic (exact) mass is 330 g/mol. The minimum atomic E-state index is -2.21. The largest absolute Gasteiger partial charge is 0.479 e. The summed E-state index contributed by atoms with van der Waals surface area (Å²) < 4.78 is -4.42. The minimum Gasteiger partial charge on any atom is -0.479 e. The Bertz CT molecular complexity index is 457. The number of halogens is 4. The van der Waals surface area contributed by atoms with Gasteiger partial charge in [0.2, 0.25) is 8.67 Å². The lowest BCUT2D eigenvalue weighted by molar-refractivity contribution is -0.138. The summed E-state index contributed by atoms with van der Waals surface area (Å²) in [6.07, 6.45) is 0. The van der Waals surface area contributed by atoms with Gasteiger partial charge in [-0.2, -0.15) is 0 Å². The van der Waals surface area contributed by atoms with Crippen LogP contribution in [0.2, 0.25) is 0 Å². The second-order valence-electron chi connectivity index (χ2n) is 3.34. The first-order valence-electron chi connectivity index (χ1n) is 4.43. The highest BCUT2D eigenvalue weighted by Gasteiger charge is 2.40. The zero-order valence-electron chi connectivity index (χ0n) is 8.53. The van der Waals surface area contributed by atoms with E-state index in [2.05, 4.69) is 0 Å². The molecule has 1 aromatic carbocycles. The molecule has 0 aliphatic rings. The average molecular weight is 332 g/mol. The number of benzene rings is 1. The summed E-state index contributed by atoms with van der Waals surface area (Å²) in [6.45, 7) is 0. The maximum absolute atomic E-state index is 10.9. The first-order chi connectivity index (χ1) is 8.10. The van der Waals surface area contributed by atoms with Crippen LogP contribution >= 0.6 is 46.4 Å². The molecule has 0 fully saturated rings. The van der Waals surface area contributed by atoms with Crippen molar-refractivity contribution in [3.63, 3.8) is 0 Å². The summed E-state index contributed by atoms with van der Waals surface area (Å²) in [5, 5.41) is 17.7. The quantitative estimate of drug-likeness (QED) is 0.831. The van der Waals surface area contributed by atoms with Gasteiger partial charge in [-0.3, -0.25) is 0 Å². The second kappa shape index (κ2) is 5.13. The van der Waals surface area contributed by atoms with E-state index in [0.717, 1.165) is 6.07 Å². The van der Waals surface area contributed by atoms with Crippen molar-refractivity contribution in [2.75, 3.05) is 0 Å². The van der Waals surface area contributed by atoms with Gasteiger partial charge < -0.3 is 10.2 Å². The van der Waals surface area contributed by atoms with Crippen LogP contribution in [0.1, 0.15) is 11.1 Å². The molecule has 0 aliphatic heterocycles. The maximum Gasteiger partial charge on any atom is 0.344 e. The number of hydrogen-bond donors (Lipinski definition) is 2. The van der Waals surface area contributed by atoms with E-state index in [0.29, 0.717) is 0 Å². The third-order valence-electron chi connectivity index (χ3n) is 2.12. The van der Waals surface area contributed by atoms with Crippen LogP contribution in [0.25, 0.3) is 0 Å². The second-order valence-corrected chi connectivity index (χ2v) is 5.99. The van der Waals surface area contributed by atoms with E-state index in [4.69, 9.17) is 56.6 Å². The van der Waals surface area contributed by atoms with Gasteiger partial charge in [-0.15, -0.1) is 0 Å². The minimum absolute atomic E-state index is 0.0391. The van der Waals surface area contributed by atoms with Crippen LogP contribution in [-0.4, -0.2) is 22.2 Å². The molecule has 0 atom stereocenters. The predicted molar refractivity (Wildman–Crippen MR) is 68.5 cm³/mol. The van der Waals surface area contributed by atoms with Gasteiger partial charge in [-0.05, 0) is 17.2 Å². The molecule has 0 saturated heterocycles. The molecular formula is C10H6Cl4O4. The summed E-state index contributed by atoms with van der Waals surface area (Å²) in [4.78, 5) is 21.7. The molecule has 0 aliphatic carbocycles. The summed E-state index contributed by atoms with van der Waals surface area (Å²) >= 11 is 22.5. The van der Waals surface area contributed by atoms with Crippen LogP contribution in [0.5, 0.6) is 0 Å². The highest BCUT2D eigenvalue weighted by Crippen LogP contribution is 2.39. The first-order valence-corrected chi connectivity index (χ1v) is 5.94. The van der Waals surface area contributed by atoms with Gasteiger partial charge in [0.25, 0.3) is 0 Å². The van der Waals surface area contributed by atoms with Crippen molar-refractivity contribution in [2.45, 2.75) is 8.67 Å². The van der Waals surface area contributed by atoms with Gasteiger partial charge in [-0.1, -0.05) is 64.6 Å². The highest BCUT2D eigenvalue weighted by molar-refractivity contribution is 6.57. The smallest absolute Gasteiger partial charge is 0.344 e. The zero-order valence-corrected chi connectivity index (χ0v) is 11.6. The fourth-order valence-electron chi connectivity index (χ4n) is 1.16. The lowest BCUT2D eigenvalue weighted by Gasteiger charge is -2.19. The molecular weight excluding hydrogens is 326 g/mol. The van der Waals surface area contributed by atoms with Crippen molar-refractivity contribution in [2.24, 2.45) is 0 Å². The van der Waals surface area contributed by atoms with E-state index >= 15 is 0 Å². The summed E-state index contributed by atoms with van der Waals surface area (Å²) in [6, 6.07) is 5.13. The molecule has 0 spiro atoms. The van der Waals surface area contributed by atoms with Crippen LogP contribution in [0, 0.1) is 0 Å². The van der Waals surface area contributed by atoms with E-state index in [1.54, 1.807) is 0 Å². The van der Waals surface area contributed by atoms with E-state index in [1.807, 2.05) is 0 Å². The molecule has 0 aromatic heterocycles. The SMILES string of the molecule is O=C(O)C(Cl)(Cl)c1cccc(C(Cl)(Cl)C(=O)O)c1. The molecule has 4 nitrogen and oxygen atoms in total. The van der Waals surface area contributed by atoms with Gasteiger partial charge in [0, 0.05) is 0 Å². The number of alkyl halides is 4. The third-order valence-corrected chi connectivity index (χ3v) is 3.64. The third kappa shape index (κ3) is 2.83. The highest BCUT2D eigenvalue weighted by atomic mass is 35.5. The predicted octanol–water partition coefficient (Wildman–Crippen LogP) is 3.12. The Hall–Kier alpha value is -0.680. The summed E-state index contributed by atoms with van der Waals surface area (Å²) in [5.74, 6) is -2.99. The molecule has 8 heteroatoms. The summed E-state index contributed by atoms with van der Waals surface area (Å²) in [7, 11) is 0. The summed E-state index contributed by atoms with van der Waals surface area (Å²) in [5.41, 5.74) is -0.0782. The molecule has 0 unspecified atom stereocenters. The molecule has 0 heterocycles. The van der Waals surface area contributed by atoms with Crippen molar-refractivity contribution in [1.29, 1.82) is 0 Å². The van der Waals surface area contributed by atoms with Crippen molar-refractivity contribution in [3.05, 3.63) is 35.4 Å². The van der Waals surface area contributed by atoms with E-state index < -0.39 is 20.6 Å². The molecule has 1 aromatic rings. The molecule has 2 N–H and O–H groups in total. The lowest BCUT2D eigenvalue weighted by Crippen LogP contribution is -2.26. The number of carbonyl (C=O) groups is 2. The van der Waals surface area contributed by atoms with Crippen LogP contribution < -0.4 is 0 Å². The van der Waals surface area contributed by atoms with Crippen LogP contribution in [0.4, 0.5) is 0 Å². The van der Waals surface area contributed by atoms with Gasteiger partial charge in [0.15, 0.2) is 0 Å². The molecule has 1 rings (SSSR count). The number of carboxylic acid groups (broad SMARTS) is 2.